The number of epoxide rings is 1. The van der Waals surface area contributed by atoms with Crippen LogP contribution in [-0.2, 0) is 4.74 Å². The van der Waals surface area contributed by atoms with Crippen molar-refractivity contribution in [2.75, 3.05) is 18.9 Å². The molecule has 2 N–H and O–H groups in total. The molecule has 17 heavy (non-hydrogen) atoms. The molecule has 1 aliphatic heterocycles. The zero-order chi connectivity index (χ0) is 11.8. The predicted molar refractivity (Wildman–Crippen MR) is 58.1 cm³/mol. The molecule has 2 aromatic rings. The van der Waals surface area contributed by atoms with E-state index < -0.39 is 0 Å². The van der Waals surface area contributed by atoms with E-state index in [-0.39, 0.29) is 12.1 Å². The number of nitrogens with zero attached hydrogens (tertiary/aromatic N) is 3. The monoisotopic (exact) mass is 234 g/mol. The van der Waals surface area contributed by atoms with Crippen molar-refractivity contribution in [1.82, 2.24) is 10.1 Å². The Balaban J connectivity index is 2.03. The highest BCUT2D eigenvalue weighted by Crippen LogP contribution is 2.22. The lowest BCUT2D eigenvalue weighted by Gasteiger charge is -2.06. The molecule has 3 rings (SSSR count). The van der Waals surface area contributed by atoms with E-state index in [9.17, 15) is 5.21 Å². The molecule has 7 nitrogen and oxygen atoms in total. The number of nitrogens with two attached hydrogens (primary N) is 1. The number of hydrogen-bond donors (Lipinski definition) is 1. The van der Waals surface area contributed by atoms with E-state index in [0.29, 0.717) is 34.8 Å². The second kappa shape index (κ2) is 3.70. The molecule has 0 bridgehead atoms. The average molecular weight is 234 g/mol. The second-order valence-corrected chi connectivity index (χ2v) is 3.73. The van der Waals surface area contributed by atoms with E-state index in [1.807, 2.05) is 0 Å². The number of aromatic nitrogens is 3. The van der Waals surface area contributed by atoms with Gasteiger partial charge in [0.25, 0.3) is 11.5 Å². The van der Waals surface area contributed by atoms with Crippen LogP contribution < -0.4 is 15.3 Å². The van der Waals surface area contributed by atoms with E-state index in [2.05, 4.69) is 10.1 Å². The number of fused-ring (bicyclic) bond motifs is 1. The van der Waals surface area contributed by atoms with Crippen molar-refractivity contribution >= 4 is 17.0 Å². The molecular weight excluding hydrogens is 224 g/mol. The van der Waals surface area contributed by atoms with Crippen LogP contribution in [0.2, 0.25) is 0 Å². The zero-order valence-electron chi connectivity index (χ0n) is 8.87. The lowest BCUT2D eigenvalue weighted by atomic mass is 10.3. The number of nitrogen functional groups attached to an aromatic ring is 1. The smallest absolute Gasteiger partial charge is 0.288 e. The summed E-state index contributed by atoms with van der Waals surface area (Å²) in [7, 11) is 0. The van der Waals surface area contributed by atoms with Crippen LogP contribution in [0, 0.1) is 5.21 Å². The first-order valence-electron chi connectivity index (χ1n) is 5.14. The summed E-state index contributed by atoms with van der Waals surface area (Å²) in [6.45, 7) is 1.16. The molecule has 1 unspecified atom stereocenters. The third-order valence-electron chi connectivity index (χ3n) is 2.43. The molecule has 1 aromatic carbocycles. The Hall–Kier alpha value is -2.15. The van der Waals surface area contributed by atoms with E-state index in [1.54, 1.807) is 18.2 Å². The van der Waals surface area contributed by atoms with Crippen LogP contribution in [0.25, 0.3) is 11.0 Å². The Morgan fingerprint density at radius 2 is 2.41 bits per heavy atom. The molecule has 88 valence electrons. The molecule has 2 heterocycles. The van der Waals surface area contributed by atoms with E-state index in [4.69, 9.17) is 15.2 Å². The van der Waals surface area contributed by atoms with Crippen molar-refractivity contribution in [3.8, 4) is 5.75 Å². The van der Waals surface area contributed by atoms with Crippen LogP contribution >= 0.6 is 0 Å². The van der Waals surface area contributed by atoms with Gasteiger partial charge in [-0.25, -0.2) is 0 Å². The molecule has 1 atom stereocenters. The number of ether oxygens (including phenoxy) is 2. The van der Waals surface area contributed by atoms with Crippen molar-refractivity contribution in [3.63, 3.8) is 0 Å². The summed E-state index contributed by atoms with van der Waals surface area (Å²) in [6, 6.07) is 5.05. The Kier molecular flexibility index (Phi) is 2.19. The largest absolute Gasteiger partial charge is 0.594 e. The first-order chi connectivity index (χ1) is 8.24. The topological polar surface area (TPSA) is 100 Å². The number of hydrogen-bond acceptors (Lipinski definition) is 6. The zero-order valence-corrected chi connectivity index (χ0v) is 8.87. The summed E-state index contributed by atoms with van der Waals surface area (Å²) in [5.74, 6) is 0.433. The van der Waals surface area contributed by atoms with Crippen molar-refractivity contribution in [3.05, 3.63) is 23.4 Å². The lowest BCUT2D eigenvalue weighted by molar-refractivity contribution is -0.641. The highest BCUT2D eigenvalue weighted by atomic mass is 16.6. The number of anilines is 1. The molecule has 0 radical (unpaired) electrons. The van der Waals surface area contributed by atoms with Gasteiger partial charge in [-0.05, 0) is 10.9 Å². The molecule has 0 spiro atoms. The SMILES string of the molecule is Nc1nc2c(OCC3CO3)cccc2[n+]([O-])n1. The Morgan fingerprint density at radius 1 is 1.59 bits per heavy atom. The van der Waals surface area contributed by atoms with Gasteiger partial charge in [-0.1, -0.05) is 6.07 Å². The van der Waals surface area contributed by atoms with Crippen molar-refractivity contribution in [1.29, 1.82) is 0 Å². The van der Waals surface area contributed by atoms with Gasteiger partial charge in [-0.3, -0.25) is 0 Å². The highest BCUT2D eigenvalue weighted by Gasteiger charge is 2.24. The molecule has 1 fully saturated rings. The molecule has 7 heteroatoms. The Morgan fingerprint density at radius 3 is 3.18 bits per heavy atom. The second-order valence-electron chi connectivity index (χ2n) is 3.73. The first kappa shape index (κ1) is 10.0. The van der Waals surface area contributed by atoms with Crippen LogP contribution in [0.4, 0.5) is 5.95 Å². The normalized spacial score (nSPS) is 18.2. The summed E-state index contributed by atoms with van der Waals surface area (Å²) in [4.78, 5) is 4.46. The third-order valence-corrected chi connectivity index (χ3v) is 2.43. The number of para-hydroxylation sites is 1. The number of rotatable bonds is 3. The van der Waals surface area contributed by atoms with Gasteiger partial charge >= 0.3 is 0 Å². The van der Waals surface area contributed by atoms with Crippen molar-refractivity contribution in [2.24, 2.45) is 0 Å². The summed E-state index contributed by atoms with van der Waals surface area (Å²) in [5, 5.41) is 15.0. The fourth-order valence-corrected chi connectivity index (χ4v) is 1.52. The molecule has 0 saturated carbocycles. The van der Waals surface area contributed by atoms with Crippen LogP contribution in [0.15, 0.2) is 18.2 Å². The van der Waals surface area contributed by atoms with Gasteiger partial charge in [-0.15, -0.1) is 0 Å². The minimum absolute atomic E-state index is 0.0776. The maximum atomic E-state index is 11.5. The molecule has 0 aliphatic carbocycles. The van der Waals surface area contributed by atoms with Crippen LogP contribution in [0.5, 0.6) is 5.75 Å². The predicted octanol–water partition coefficient (Wildman–Crippen LogP) is -0.377. The number of benzene rings is 1. The van der Waals surface area contributed by atoms with Gasteiger partial charge in [0.15, 0.2) is 11.3 Å². The Labute approximate surface area is 96.4 Å². The van der Waals surface area contributed by atoms with Gasteiger partial charge in [-0.2, -0.15) is 4.98 Å². The maximum Gasteiger partial charge on any atom is 0.288 e. The maximum absolute atomic E-state index is 11.5. The Bertz CT molecular complexity index is 571. The van der Waals surface area contributed by atoms with Crippen LogP contribution in [0.3, 0.4) is 0 Å². The fraction of sp³-hybridized carbons (Fsp3) is 0.300. The first-order valence-corrected chi connectivity index (χ1v) is 5.14. The fourth-order valence-electron chi connectivity index (χ4n) is 1.52. The van der Waals surface area contributed by atoms with E-state index >= 15 is 0 Å². The minimum atomic E-state index is -0.0776. The van der Waals surface area contributed by atoms with Crippen LogP contribution in [-0.4, -0.2) is 29.4 Å². The lowest BCUT2D eigenvalue weighted by Crippen LogP contribution is -2.33. The van der Waals surface area contributed by atoms with Crippen LogP contribution in [0.1, 0.15) is 0 Å². The van der Waals surface area contributed by atoms with Gasteiger partial charge in [0.2, 0.25) is 0 Å². The van der Waals surface area contributed by atoms with Gasteiger partial charge < -0.3 is 20.4 Å². The summed E-state index contributed by atoms with van der Waals surface area (Å²) in [5.41, 5.74) is 6.18. The molecular formula is C10H10N4O3. The minimum Gasteiger partial charge on any atom is -0.594 e. The molecule has 1 aliphatic rings. The van der Waals surface area contributed by atoms with Gasteiger partial charge in [0.05, 0.1) is 11.7 Å². The molecule has 1 aromatic heterocycles. The third kappa shape index (κ3) is 1.92. The van der Waals surface area contributed by atoms with E-state index in [0.717, 1.165) is 0 Å². The molecule has 0 amide bonds. The van der Waals surface area contributed by atoms with Crippen molar-refractivity contribution < 1.29 is 14.3 Å². The van der Waals surface area contributed by atoms with E-state index in [1.165, 1.54) is 0 Å². The molecule has 1 saturated heterocycles. The standard InChI is InChI=1S/C10H10N4O3/c11-10-12-9-7(14(15)13-10)2-1-3-8(9)17-5-6-4-16-6/h1-3,6H,4-5H2,(H2,11,12,13). The summed E-state index contributed by atoms with van der Waals surface area (Å²) < 4.78 is 10.6. The van der Waals surface area contributed by atoms with Gasteiger partial charge in [0, 0.05) is 6.07 Å². The highest BCUT2D eigenvalue weighted by molar-refractivity contribution is 5.78. The quantitative estimate of drug-likeness (QED) is 0.441. The van der Waals surface area contributed by atoms with Gasteiger partial charge in [0.1, 0.15) is 12.7 Å². The summed E-state index contributed by atoms with van der Waals surface area (Å²) >= 11 is 0. The van der Waals surface area contributed by atoms with Crippen molar-refractivity contribution in [2.45, 2.75) is 6.10 Å². The summed E-state index contributed by atoms with van der Waals surface area (Å²) in [6.07, 6.45) is 0.142. The average Bonchev–Trinajstić information content (AvgIpc) is 3.10.